The van der Waals surface area contributed by atoms with Gasteiger partial charge in [0.15, 0.2) is 6.29 Å². The van der Waals surface area contributed by atoms with Crippen LogP contribution >= 0.6 is 23.2 Å². The van der Waals surface area contributed by atoms with E-state index in [0.717, 1.165) is 12.8 Å². The van der Waals surface area contributed by atoms with Gasteiger partial charge in [-0.2, -0.15) is 0 Å². The van der Waals surface area contributed by atoms with E-state index < -0.39 is 6.29 Å². The Bertz CT molecular complexity index is 159. The predicted octanol–water partition coefficient (Wildman–Crippen LogP) is 2.50. The summed E-state index contributed by atoms with van der Waals surface area (Å²) in [5.74, 6) is 0.462. The highest BCUT2D eigenvalue weighted by Gasteiger charge is 2.15. The van der Waals surface area contributed by atoms with Gasteiger partial charge in [0.2, 0.25) is 0 Å². The van der Waals surface area contributed by atoms with Gasteiger partial charge in [-0.05, 0) is 12.8 Å². The van der Waals surface area contributed by atoms with Gasteiger partial charge >= 0.3 is 0 Å². The maximum Gasteiger partial charge on any atom is 0.194 e. The van der Waals surface area contributed by atoms with Crippen LogP contribution < -0.4 is 0 Å². The lowest BCUT2D eigenvalue weighted by molar-refractivity contribution is -0.108. The zero-order chi connectivity index (χ0) is 8.81. The van der Waals surface area contributed by atoms with Crippen LogP contribution in [0.25, 0.3) is 0 Å². The topological polar surface area (TPSA) is 18.5 Å². The summed E-state index contributed by atoms with van der Waals surface area (Å²) in [6, 6.07) is 0. The van der Waals surface area contributed by atoms with Gasteiger partial charge in [0, 0.05) is 5.88 Å². The fourth-order valence-corrected chi connectivity index (χ4v) is 1.29. The van der Waals surface area contributed by atoms with E-state index in [4.69, 9.17) is 32.7 Å². The molecule has 0 fully saturated rings. The molecular weight excluding hydrogens is 199 g/mol. The van der Waals surface area contributed by atoms with Crippen LogP contribution in [0.15, 0.2) is 11.1 Å². The van der Waals surface area contributed by atoms with E-state index in [2.05, 4.69) is 0 Å². The van der Waals surface area contributed by atoms with Gasteiger partial charge < -0.3 is 9.47 Å². The molecule has 0 radical (unpaired) electrons. The lowest BCUT2D eigenvalue weighted by atomic mass is 10.3. The molecule has 0 aliphatic carbocycles. The lowest BCUT2D eigenvalue weighted by Gasteiger charge is -2.14. The van der Waals surface area contributed by atoms with Crippen molar-refractivity contribution in [2.75, 3.05) is 19.1 Å². The van der Waals surface area contributed by atoms with E-state index in [0.29, 0.717) is 24.1 Å². The zero-order valence-electron chi connectivity index (χ0n) is 6.76. The molecule has 1 rings (SSSR count). The van der Waals surface area contributed by atoms with Gasteiger partial charge in [-0.15, -0.1) is 11.6 Å². The Morgan fingerprint density at radius 2 is 2.50 bits per heavy atom. The van der Waals surface area contributed by atoms with Gasteiger partial charge in [-0.1, -0.05) is 17.7 Å². The third-order valence-corrected chi connectivity index (χ3v) is 2.02. The van der Waals surface area contributed by atoms with Crippen LogP contribution in [-0.2, 0) is 9.47 Å². The molecule has 1 atom stereocenters. The zero-order valence-corrected chi connectivity index (χ0v) is 8.27. The van der Waals surface area contributed by atoms with E-state index in [9.17, 15) is 0 Å². The Kier molecular flexibility index (Phi) is 5.00. The van der Waals surface area contributed by atoms with Crippen molar-refractivity contribution < 1.29 is 9.47 Å². The SMILES string of the molecule is ClCCOC1OCCCC=C1Cl. The Morgan fingerprint density at radius 1 is 1.67 bits per heavy atom. The molecule has 1 heterocycles. The predicted molar refractivity (Wildman–Crippen MR) is 49.6 cm³/mol. The van der Waals surface area contributed by atoms with Crippen molar-refractivity contribution in [2.45, 2.75) is 19.1 Å². The monoisotopic (exact) mass is 210 g/mol. The maximum atomic E-state index is 5.89. The van der Waals surface area contributed by atoms with Gasteiger partial charge in [-0.3, -0.25) is 0 Å². The first kappa shape index (κ1) is 10.3. The molecule has 1 aliphatic heterocycles. The van der Waals surface area contributed by atoms with Crippen molar-refractivity contribution in [3.63, 3.8) is 0 Å². The van der Waals surface area contributed by atoms with Gasteiger partial charge in [-0.25, -0.2) is 0 Å². The molecule has 0 spiro atoms. The summed E-state index contributed by atoms with van der Waals surface area (Å²) in [5.41, 5.74) is 0. The highest BCUT2D eigenvalue weighted by Crippen LogP contribution is 2.18. The van der Waals surface area contributed by atoms with Crippen molar-refractivity contribution in [3.8, 4) is 0 Å². The average molecular weight is 211 g/mol. The number of ether oxygens (including phenoxy) is 2. The van der Waals surface area contributed by atoms with E-state index in [1.54, 1.807) is 0 Å². The van der Waals surface area contributed by atoms with Crippen molar-refractivity contribution in [1.29, 1.82) is 0 Å². The minimum atomic E-state index is -0.395. The second-order valence-corrected chi connectivity index (χ2v) is 3.31. The maximum absolute atomic E-state index is 5.89. The summed E-state index contributed by atoms with van der Waals surface area (Å²) in [6.07, 6.45) is 3.50. The summed E-state index contributed by atoms with van der Waals surface area (Å²) >= 11 is 11.4. The lowest BCUT2D eigenvalue weighted by Crippen LogP contribution is -2.18. The molecule has 70 valence electrons. The van der Waals surface area contributed by atoms with Crippen LogP contribution in [0.3, 0.4) is 0 Å². The van der Waals surface area contributed by atoms with E-state index in [-0.39, 0.29) is 0 Å². The number of hydrogen-bond acceptors (Lipinski definition) is 2. The molecule has 2 nitrogen and oxygen atoms in total. The molecule has 4 heteroatoms. The van der Waals surface area contributed by atoms with Crippen LogP contribution in [-0.4, -0.2) is 25.4 Å². The van der Waals surface area contributed by atoms with Crippen molar-refractivity contribution in [3.05, 3.63) is 11.1 Å². The third kappa shape index (κ3) is 3.31. The standard InChI is InChI=1S/C8H12Cl2O2/c9-4-6-12-8-7(10)3-1-2-5-11-8/h3,8H,1-2,4-6H2. The Morgan fingerprint density at radius 3 is 3.25 bits per heavy atom. The minimum Gasteiger partial charge on any atom is -0.348 e. The molecule has 1 unspecified atom stereocenters. The van der Waals surface area contributed by atoms with Crippen molar-refractivity contribution in [1.82, 2.24) is 0 Å². The van der Waals surface area contributed by atoms with Crippen LogP contribution in [0.5, 0.6) is 0 Å². The Labute approximate surface area is 82.4 Å². The molecule has 1 aliphatic rings. The second kappa shape index (κ2) is 5.81. The molecule has 0 N–H and O–H groups in total. The summed E-state index contributed by atoms with van der Waals surface area (Å²) in [6.45, 7) is 1.16. The molecule has 0 bridgehead atoms. The number of halogens is 2. The Balaban J connectivity index is 2.37. The molecule has 0 saturated carbocycles. The van der Waals surface area contributed by atoms with Gasteiger partial charge in [0.25, 0.3) is 0 Å². The normalized spacial score (nSPS) is 24.8. The number of hydrogen-bond donors (Lipinski definition) is 0. The fourth-order valence-electron chi connectivity index (χ4n) is 0.969. The van der Waals surface area contributed by atoms with Crippen molar-refractivity contribution in [2.24, 2.45) is 0 Å². The molecule has 0 aromatic heterocycles. The van der Waals surface area contributed by atoms with Crippen LogP contribution in [0.4, 0.5) is 0 Å². The summed E-state index contributed by atoms with van der Waals surface area (Å²) in [4.78, 5) is 0. The number of alkyl halides is 1. The summed E-state index contributed by atoms with van der Waals surface area (Å²) in [5, 5.41) is 0.637. The largest absolute Gasteiger partial charge is 0.348 e. The highest BCUT2D eigenvalue weighted by molar-refractivity contribution is 6.30. The average Bonchev–Trinajstić information content (AvgIpc) is 2.27. The van der Waals surface area contributed by atoms with E-state index in [1.165, 1.54) is 0 Å². The summed E-state index contributed by atoms with van der Waals surface area (Å²) in [7, 11) is 0. The van der Waals surface area contributed by atoms with Gasteiger partial charge in [0.05, 0.1) is 18.2 Å². The smallest absolute Gasteiger partial charge is 0.194 e. The molecule has 12 heavy (non-hydrogen) atoms. The van der Waals surface area contributed by atoms with Crippen molar-refractivity contribution >= 4 is 23.2 Å². The minimum absolute atomic E-state index is 0.395. The first-order valence-electron chi connectivity index (χ1n) is 3.99. The molecule has 0 amide bonds. The molecule has 0 aromatic carbocycles. The van der Waals surface area contributed by atoms with Crippen LogP contribution in [0, 0.1) is 0 Å². The van der Waals surface area contributed by atoms with E-state index >= 15 is 0 Å². The fraction of sp³-hybridized carbons (Fsp3) is 0.750. The third-order valence-electron chi connectivity index (χ3n) is 1.53. The second-order valence-electron chi connectivity index (χ2n) is 2.49. The van der Waals surface area contributed by atoms with Crippen LogP contribution in [0.1, 0.15) is 12.8 Å². The molecular formula is C8H12Cl2O2. The Hall–Kier alpha value is 0.240. The highest BCUT2D eigenvalue weighted by atomic mass is 35.5. The van der Waals surface area contributed by atoms with Gasteiger partial charge in [0.1, 0.15) is 0 Å². The number of allylic oxidation sites excluding steroid dienone is 1. The molecule has 0 aromatic rings. The number of rotatable bonds is 3. The first-order chi connectivity index (χ1) is 5.84. The quantitative estimate of drug-likeness (QED) is 0.667. The molecule has 0 saturated heterocycles. The summed E-state index contributed by atoms with van der Waals surface area (Å²) < 4.78 is 10.6. The first-order valence-corrected chi connectivity index (χ1v) is 4.90. The van der Waals surface area contributed by atoms with Crippen LogP contribution in [0.2, 0.25) is 0 Å². The van der Waals surface area contributed by atoms with E-state index in [1.807, 2.05) is 6.08 Å².